The minimum atomic E-state index is -1.75. The number of halogens is 1. The predicted molar refractivity (Wildman–Crippen MR) is 53.7 cm³/mol. The molecule has 7 heteroatoms. The van der Waals surface area contributed by atoms with E-state index in [2.05, 4.69) is 14.2 Å². The van der Waals surface area contributed by atoms with Gasteiger partial charge in [-0.2, -0.15) is 0 Å². The number of hydrogen-bond acceptors (Lipinski definition) is 6. The summed E-state index contributed by atoms with van der Waals surface area (Å²) in [4.78, 5) is 32.8. The Bertz CT molecular complexity index is 275. The highest BCUT2D eigenvalue weighted by molar-refractivity contribution is 6.61. The maximum atomic E-state index is 11.2. The molecule has 0 saturated heterocycles. The molecule has 0 aliphatic heterocycles. The molecule has 0 saturated carbocycles. The van der Waals surface area contributed by atoms with Crippen molar-refractivity contribution in [1.29, 1.82) is 0 Å². The van der Waals surface area contributed by atoms with Crippen molar-refractivity contribution in [2.45, 2.75) is 27.1 Å². The normalized spacial score (nSPS) is 11.8. The molecule has 92 valence electrons. The van der Waals surface area contributed by atoms with Gasteiger partial charge in [0.1, 0.15) is 0 Å². The largest absolute Gasteiger partial charge is 0.460 e. The van der Waals surface area contributed by atoms with Gasteiger partial charge in [0.05, 0.1) is 12.5 Å². The van der Waals surface area contributed by atoms with Crippen molar-refractivity contribution in [3.63, 3.8) is 0 Å². The van der Waals surface area contributed by atoms with Gasteiger partial charge < -0.3 is 14.2 Å². The highest BCUT2D eigenvalue weighted by Gasteiger charge is 2.28. The summed E-state index contributed by atoms with van der Waals surface area (Å²) in [5.74, 6) is -2.15. The lowest BCUT2D eigenvalue weighted by Gasteiger charge is -2.16. The van der Waals surface area contributed by atoms with Gasteiger partial charge in [-0.1, -0.05) is 13.8 Å². The Hall–Kier alpha value is -1.30. The molecule has 0 aromatic carbocycles. The van der Waals surface area contributed by atoms with Crippen molar-refractivity contribution in [1.82, 2.24) is 0 Å². The lowest BCUT2D eigenvalue weighted by Crippen LogP contribution is -2.33. The number of hydrogen-bond donors (Lipinski definition) is 0. The molecule has 0 aromatic rings. The van der Waals surface area contributed by atoms with E-state index >= 15 is 0 Å². The summed E-state index contributed by atoms with van der Waals surface area (Å²) in [7, 11) is 0. The first-order chi connectivity index (χ1) is 7.38. The average Bonchev–Trinajstić information content (AvgIpc) is 2.16. The Kier molecular flexibility index (Phi) is 6.48. The van der Waals surface area contributed by atoms with Gasteiger partial charge >= 0.3 is 23.7 Å². The van der Waals surface area contributed by atoms with Crippen molar-refractivity contribution in [2.75, 3.05) is 6.61 Å². The molecule has 0 rings (SSSR count). The van der Waals surface area contributed by atoms with Crippen LogP contribution in [0.3, 0.4) is 0 Å². The standard InChI is InChI=1S/C9H13ClO6/c1-4-14-7(12)8(16-9(10)13)15-6(11)5(2)3/h5,8H,4H2,1-3H3. The number of rotatable bonds is 5. The molecule has 0 aliphatic carbocycles. The fraction of sp³-hybridized carbons (Fsp3) is 0.667. The lowest BCUT2D eigenvalue weighted by atomic mass is 10.2. The van der Waals surface area contributed by atoms with Gasteiger partial charge in [0, 0.05) is 11.6 Å². The minimum absolute atomic E-state index is 0.0639. The fourth-order valence-electron chi connectivity index (χ4n) is 0.656. The van der Waals surface area contributed by atoms with Crippen LogP contribution in [0.1, 0.15) is 20.8 Å². The van der Waals surface area contributed by atoms with E-state index in [-0.39, 0.29) is 6.61 Å². The molecule has 0 bridgehead atoms. The van der Waals surface area contributed by atoms with Crippen LogP contribution in [0.15, 0.2) is 0 Å². The Morgan fingerprint density at radius 3 is 2.06 bits per heavy atom. The average molecular weight is 253 g/mol. The molecule has 1 unspecified atom stereocenters. The van der Waals surface area contributed by atoms with Crippen LogP contribution in [0.25, 0.3) is 0 Å². The van der Waals surface area contributed by atoms with Crippen molar-refractivity contribution >= 4 is 29.0 Å². The fourth-order valence-corrected chi connectivity index (χ4v) is 0.737. The first kappa shape index (κ1) is 14.7. The van der Waals surface area contributed by atoms with Crippen LogP contribution < -0.4 is 0 Å². The number of esters is 2. The zero-order valence-electron chi connectivity index (χ0n) is 9.19. The second kappa shape index (κ2) is 7.05. The van der Waals surface area contributed by atoms with Crippen LogP contribution in [-0.4, -0.2) is 30.3 Å². The van der Waals surface area contributed by atoms with E-state index in [0.29, 0.717) is 0 Å². The molecule has 0 heterocycles. The van der Waals surface area contributed by atoms with E-state index in [0.717, 1.165) is 0 Å². The van der Waals surface area contributed by atoms with Gasteiger partial charge in [-0.3, -0.25) is 4.79 Å². The van der Waals surface area contributed by atoms with Gasteiger partial charge in [-0.05, 0) is 6.92 Å². The lowest BCUT2D eigenvalue weighted by molar-refractivity contribution is -0.191. The molecule has 0 spiro atoms. The Labute approximate surface area is 97.8 Å². The van der Waals surface area contributed by atoms with Crippen molar-refractivity contribution < 1.29 is 28.6 Å². The quantitative estimate of drug-likeness (QED) is 0.419. The minimum Gasteiger partial charge on any atom is -0.460 e. The maximum absolute atomic E-state index is 11.2. The monoisotopic (exact) mass is 252 g/mol. The number of ether oxygens (including phenoxy) is 3. The van der Waals surface area contributed by atoms with Gasteiger partial charge in [-0.25, -0.2) is 9.59 Å². The van der Waals surface area contributed by atoms with Crippen LogP contribution in [0, 0.1) is 5.92 Å². The highest BCUT2D eigenvalue weighted by atomic mass is 35.5. The van der Waals surface area contributed by atoms with Crippen molar-refractivity contribution in [3.8, 4) is 0 Å². The second-order valence-electron chi connectivity index (χ2n) is 3.03. The van der Waals surface area contributed by atoms with Crippen LogP contribution >= 0.6 is 11.6 Å². The first-order valence-corrected chi connectivity index (χ1v) is 4.99. The molecule has 0 radical (unpaired) electrons. The molecule has 0 N–H and O–H groups in total. The molecule has 0 aromatic heterocycles. The van der Waals surface area contributed by atoms with Gasteiger partial charge in [-0.15, -0.1) is 0 Å². The van der Waals surface area contributed by atoms with E-state index in [1.807, 2.05) is 0 Å². The topological polar surface area (TPSA) is 78.9 Å². The smallest absolute Gasteiger partial charge is 0.407 e. The van der Waals surface area contributed by atoms with Crippen LogP contribution in [0.2, 0.25) is 0 Å². The van der Waals surface area contributed by atoms with Crippen LogP contribution in [0.5, 0.6) is 0 Å². The summed E-state index contributed by atoms with van der Waals surface area (Å²) in [6.45, 7) is 4.75. The first-order valence-electron chi connectivity index (χ1n) is 4.61. The number of carbonyl (C=O) groups excluding carboxylic acids is 3. The Balaban J connectivity index is 4.48. The summed E-state index contributed by atoms with van der Waals surface area (Å²) in [6.07, 6.45) is -1.75. The van der Waals surface area contributed by atoms with E-state index < -0.39 is 29.6 Å². The summed E-state index contributed by atoms with van der Waals surface area (Å²) >= 11 is 4.92. The van der Waals surface area contributed by atoms with E-state index in [9.17, 15) is 14.4 Å². The molecule has 0 aliphatic rings. The van der Waals surface area contributed by atoms with Gasteiger partial charge in [0.2, 0.25) is 0 Å². The summed E-state index contributed by atoms with van der Waals surface area (Å²) in [5, 5.41) is 0. The van der Waals surface area contributed by atoms with Crippen molar-refractivity contribution in [3.05, 3.63) is 0 Å². The third-order valence-electron chi connectivity index (χ3n) is 1.37. The second-order valence-corrected chi connectivity index (χ2v) is 3.34. The molecule has 0 amide bonds. The summed E-state index contributed by atoms with van der Waals surface area (Å²) in [5.41, 5.74) is -1.25. The molecule has 0 fully saturated rings. The van der Waals surface area contributed by atoms with E-state index in [1.165, 1.54) is 0 Å². The third-order valence-corrected chi connectivity index (χ3v) is 1.46. The zero-order valence-corrected chi connectivity index (χ0v) is 9.95. The molecule has 6 nitrogen and oxygen atoms in total. The summed E-state index contributed by atoms with van der Waals surface area (Å²) < 4.78 is 13.4. The van der Waals surface area contributed by atoms with Gasteiger partial charge in [0.15, 0.2) is 0 Å². The molecular formula is C9H13ClO6. The van der Waals surface area contributed by atoms with Crippen LogP contribution in [0.4, 0.5) is 4.79 Å². The number of carbonyl (C=O) groups is 3. The molecule has 1 atom stereocenters. The summed E-state index contributed by atoms with van der Waals surface area (Å²) in [6, 6.07) is 0. The molecule has 16 heavy (non-hydrogen) atoms. The van der Waals surface area contributed by atoms with E-state index in [1.54, 1.807) is 20.8 Å². The van der Waals surface area contributed by atoms with E-state index in [4.69, 9.17) is 11.6 Å². The van der Waals surface area contributed by atoms with Crippen molar-refractivity contribution in [2.24, 2.45) is 5.92 Å². The SMILES string of the molecule is CCOC(=O)C(OC(=O)Cl)OC(=O)C(C)C. The predicted octanol–water partition coefficient (Wildman–Crippen LogP) is 1.45. The Morgan fingerprint density at radius 1 is 1.12 bits per heavy atom. The third kappa shape index (κ3) is 5.55. The van der Waals surface area contributed by atoms with Gasteiger partial charge in [0.25, 0.3) is 0 Å². The zero-order chi connectivity index (χ0) is 12.7. The Morgan fingerprint density at radius 2 is 1.69 bits per heavy atom. The highest BCUT2D eigenvalue weighted by Crippen LogP contribution is 2.06. The van der Waals surface area contributed by atoms with Crippen LogP contribution in [-0.2, 0) is 23.8 Å². The molecular weight excluding hydrogens is 240 g/mol. The maximum Gasteiger partial charge on any atom is 0.407 e.